The van der Waals surface area contributed by atoms with Crippen LogP contribution in [0, 0.1) is 13.8 Å². The van der Waals surface area contributed by atoms with Crippen LogP contribution < -0.4 is 4.90 Å². The molecule has 2 rings (SSSR count). The molecule has 0 radical (unpaired) electrons. The first kappa shape index (κ1) is 14.0. The molecule has 0 saturated heterocycles. The van der Waals surface area contributed by atoms with E-state index in [0.717, 1.165) is 11.3 Å². The molecule has 0 fully saturated rings. The van der Waals surface area contributed by atoms with Gasteiger partial charge in [-0.15, -0.1) is 0 Å². The molecular weight excluding hydrogens is 254 g/mol. The normalized spacial score (nSPS) is 10.3. The van der Waals surface area contributed by atoms with E-state index < -0.39 is 5.97 Å². The minimum atomic E-state index is -1.00. The summed E-state index contributed by atoms with van der Waals surface area (Å²) < 4.78 is 0. The predicted octanol–water partition coefficient (Wildman–Crippen LogP) is 2.43. The molecule has 1 N–H and O–H groups in total. The zero-order chi connectivity index (χ0) is 14.7. The molecule has 0 unspecified atom stereocenters. The second-order valence-corrected chi connectivity index (χ2v) is 4.83. The number of benzene rings is 1. The Morgan fingerprint density at radius 3 is 2.75 bits per heavy atom. The van der Waals surface area contributed by atoms with Gasteiger partial charge in [-0.2, -0.15) is 0 Å². The van der Waals surface area contributed by atoms with Gasteiger partial charge in [-0.05, 0) is 25.5 Å². The average molecular weight is 271 g/mol. The molecule has 104 valence electrons. The van der Waals surface area contributed by atoms with E-state index in [9.17, 15) is 4.79 Å². The largest absolute Gasteiger partial charge is 0.478 e. The first-order valence-corrected chi connectivity index (χ1v) is 6.29. The minimum Gasteiger partial charge on any atom is -0.478 e. The van der Waals surface area contributed by atoms with Crippen molar-refractivity contribution in [2.75, 3.05) is 11.9 Å². The summed E-state index contributed by atoms with van der Waals surface area (Å²) in [5, 5.41) is 9.14. The number of nitrogens with zero attached hydrogens (tertiary/aromatic N) is 3. The summed E-state index contributed by atoms with van der Waals surface area (Å²) in [6.07, 6.45) is 2.71. The van der Waals surface area contributed by atoms with Gasteiger partial charge in [0.05, 0.1) is 12.2 Å². The predicted molar refractivity (Wildman–Crippen MR) is 77.0 cm³/mol. The van der Waals surface area contributed by atoms with Crippen LogP contribution in [0.25, 0.3) is 0 Å². The highest BCUT2D eigenvalue weighted by molar-refractivity contribution is 5.88. The fraction of sp³-hybridized carbons (Fsp3) is 0.267. The fourth-order valence-electron chi connectivity index (χ4n) is 2.20. The van der Waals surface area contributed by atoms with E-state index in [4.69, 9.17) is 5.11 Å². The van der Waals surface area contributed by atoms with Gasteiger partial charge < -0.3 is 10.0 Å². The number of aromatic nitrogens is 2. The molecule has 20 heavy (non-hydrogen) atoms. The number of carboxylic acid groups (broad SMARTS) is 1. The Bertz CT molecular complexity index is 641. The zero-order valence-corrected chi connectivity index (χ0v) is 11.8. The number of rotatable bonds is 4. The van der Waals surface area contributed by atoms with Crippen LogP contribution in [0.3, 0.4) is 0 Å². The quantitative estimate of drug-likeness (QED) is 0.925. The lowest BCUT2D eigenvalue weighted by Gasteiger charge is -2.22. The lowest BCUT2D eigenvalue weighted by molar-refractivity contribution is 0.0694. The van der Waals surface area contributed by atoms with Crippen LogP contribution in [-0.4, -0.2) is 28.1 Å². The van der Waals surface area contributed by atoms with Crippen molar-refractivity contribution in [2.45, 2.75) is 20.4 Å². The maximum absolute atomic E-state index is 11.2. The number of carboxylic acids is 1. The highest BCUT2D eigenvalue weighted by Crippen LogP contribution is 2.21. The fourth-order valence-corrected chi connectivity index (χ4v) is 2.20. The number of aryl methyl sites for hydroxylation is 2. The summed E-state index contributed by atoms with van der Waals surface area (Å²) in [7, 11) is 1.92. The molecule has 0 aliphatic heterocycles. The summed E-state index contributed by atoms with van der Waals surface area (Å²) in [6.45, 7) is 4.51. The molecule has 0 aliphatic rings. The number of anilines is 1. The highest BCUT2D eigenvalue weighted by Gasteiger charge is 2.14. The maximum Gasteiger partial charge on any atom is 0.339 e. The van der Waals surface area contributed by atoms with Gasteiger partial charge >= 0.3 is 5.97 Å². The Labute approximate surface area is 117 Å². The molecular formula is C15H17N3O2. The molecule has 0 aliphatic carbocycles. The SMILES string of the molecule is Cc1ccc(N(C)Cc2ncncc2C(=O)O)c(C)c1. The van der Waals surface area contributed by atoms with E-state index in [2.05, 4.69) is 16.0 Å². The first-order chi connectivity index (χ1) is 9.49. The van der Waals surface area contributed by atoms with Crippen LogP contribution >= 0.6 is 0 Å². The van der Waals surface area contributed by atoms with Gasteiger partial charge in [-0.3, -0.25) is 0 Å². The van der Waals surface area contributed by atoms with Gasteiger partial charge in [0.2, 0.25) is 0 Å². The van der Waals surface area contributed by atoms with Crippen molar-refractivity contribution in [2.24, 2.45) is 0 Å². The van der Waals surface area contributed by atoms with E-state index in [1.165, 1.54) is 18.1 Å². The van der Waals surface area contributed by atoms with Gasteiger partial charge in [0, 0.05) is 18.9 Å². The first-order valence-electron chi connectivity index (χ1n) is 6.29. The van der Waals surface area contributed by atoms with E-state index >= 15 is 0 Å². The Balaban J connectivity index is 2.28. The second-order valence-electron chi connectivity index (χ2n) is 4.83. The smallest absolute Gasteiger partial charge is 0.339 e. The summed E-state index contributed by atoms with van der Waals surface area (Å²) in [4.78, 5) is 21.0. The minimum absolute atomic E-state index is 0.143. The number of hydrogen-bond donors (Lipinski definition) is 1. The van der Waals surface area contributed by atoms with Gasteiger partial charge in [-0.25, -0.2) is 14.8 Å². The van der Waals surface area contributed by atoms with Crippen molar-refractivity contribution in [3.63, 3.8) is 0 Å². The molecule has 0 spiro atoms. The molecule has 0 saturated carbocycles. The molecule has 0 amide bonds. The number of aromatic carboxylic acids is 1. The zero-order valence-electron chi connectivity index (χ0n) is 11.8. The summed E-state index contributed by atoms with van der Waals surface area (Å²) in [5.41, 5.74) is 4.07. The van der Waals surface area contributed by atoms with Crippen LogP contribution in [0.1, 0.15) is 27.2 Å². The summed E-state index contributed by atoms with van der Waals surface area (Å²) >= 11 is 0. The molecule has 5 heteroatoms. The van der Waals surface area contributed by atoms with Crippen molar-refractivity contribution in [3.05, 3.63) is 53.1 Å². The van der Waals surface area contributed by atoms with Crippen molar-refractivity contribution in [1.82, 2.24) is 9.97 Å². The Kier molecular flexibility index (Phi) is 3.98. The summed E-state index contributed by atoms with van der Waals surface area (Å²) in [5.74, 6) is -1.00. The van der Waals surface area contributed by atoms with Crippen LogP contribution in [-0.2, 0) is 6.54 Å². The van der Waals surface area contributed by atoms with Gasteiger partial charge in [0.1, 0.15) is 11.9 Å². The van der Waals surface area contributed by atoms with Gasteiger partial charge in [0.15, 0.2) is 0 Å². The van der Waals surface area contributed by atoms with Gasteiger partial charge in [0.25, 0.3) is 0 Å². The third-order valence-electron chi connectivity index (χ3n) is 3.18. The van der Waals surface area contributed by atoms with Gasteiger partial charge in [-0.1, -0.05) is 17.7 Å². The average Bonchev–Trinajstić information content (AvgIpc) is 2.38. The highest BCUT2D eigenvalue weighted by atomic mass is 16.4. The number of carbonyl (C=O) groups is 1. The monoisotopic (exact) mass is 271 g/mol. The van der Waals surface area contributed by atoms with Crippen LogP contribution in [0.15, 0.2) is 30.7 Å². The van der Waals surface area contributed by atoms with Crippen LogP contribution in [0.4, 0.5) is 5.69 Å². The summed E-state index contributed by atoms with van der Waals surface area (Å²) in [6, 6.07) is 6.17. The molecule has 1 aromatic heterocycles. The van der Waals surface area contributed by atoms with Crippen molar-refractivity contribution in [1.29, 1.82) is 0 Å². The van der Waals surface area contributed by atoms with E-state index in [-0.39, 0.29) is 5.56 Å². The van der Waals surface area contributed by atoms with Crippen molar-refractivity contribution < 1.29 is 9.90 Å². The van der Waals surface area contributed by atoms with Crippen LogP contribution in [0.2, 0.25) is 0 Å². The molecule has 1 aromatic carbocycles. The maximum atomic E-state index is 11.2. The molecule has 0 bridgehead atoms. The molecule has 2 aromatic rings. The van der Waals surface area contributed by atoms with E-state index in [1.54, 1.807) is 0 Å². The van der Waals surface area contributed by atoms with E-state index in [0.29, 0.717) is 12.2 Å². The van der Waals surface area contributed by atoms with Crippen molar-refractivity contribution >= 4 is 11.7 Å². The topological polar surface area (TPSA) is 66.3 Å². The third-order valence-corrected chi connectivity index (χ3v) is 3.18. The Morgan fingerprint density at radius 2 is 2.10 bits per heavy atom. The Hall–Kier alpha value is -2.43. The second kappa shape index (κ2) is 5.69. The lowest BCUT2D eigenvalue weighted by Crippen LogP contribution is -2.20. The molecule has 0 atom stereocenters. The third kappa shape index (κ3) is 2.93. The van der Waals surface area contributed by atoms with Crippen molar-refractivity contribution in [3.8, 4) is 0 Å². The lowest BCUT2D eigenvalue weighted by atomic mass is 10.1. The van der Waals surface area contributed by atoms with Crippen LogP contribution in [0.5, 0.6) is 0 Å². The van der Waals surface area contributed by atoms with E-state index in [1.807, 2.05) is 37.9 Å². The number of hydrogen-bond acceptors (Lipinski definition) is 4. The standard InChI is InChI=1S/C15H17N3O2/c1-10-4-5-14(11(2)6-10)18(3)8-13-12(15(19)20)7-16-9-17-13/h4-7,9H,8H2,1-3H3,(H,19,20). The molecule has 1 heterocycles. The molecule has 5 nitrogen and oxygen atoms in total. The Morgan fingerprint density at radius 1 is 1.35 bits per heavy atom.